The predicted molar refractivity (Wildman–Crippen MR) is 32.5 cm³/mol. The Kier molecular flexibility index (Phi) is 1.75. The Morgan fingerprint density at radius 1 is 1.50 bits per heavy atom. The molecule has 1 unspecified atom stereocenters. The molecule has 1 aliphatic rings. The Labute approximate surface area is 57.7 Å². The third-order valence-electron chi connectivity index (χ3n) is 1.76. The summed E-state index contributed by atoms with van der Waals surface area (Å²) in [5.74, 6) is -1.17. The number of allylic oxidation sites excluding steroid dienone is 2. The van der Waals surface area contributed by atoms with E-state index in [0.717, 1.165) is 5.57 Å². The Morgan fingerprint density at radius 3 is 2.30 bits per heavy atom. The Balaban J connectivity index is 2.61. The monoisotopic (exact) mass is 150 g/mol. The number of hydrogen-bond acceptors (Lipinski definition) is 0. The number of hydrogen-bond donors (Lipinski definition) is 0. The first-order chi connectivity index (χ1) is 4.50. The van der Waals surface area contributed by atoms with Gasteiger partial charge in [0.05, 0.1) is 5.92 Å². The molecule has 0 aromatic carbocycles. The van der Waals surface area contributed by atoms with Crippen molar-refractivity contribution in [3.8, 4) is 0 Å². The molecule has 10 heavy (non-hydrogen) atoms. The van der Waals surface area contributed by atoms with Crippen molar-refractivity contribution in [3.05, 3.63) is 11.6 Å². The molecular formula is C7H9F3. The number of rotatable bonds is 0. The van der Waals surface area contributed by atoms with E-state index in [1.165, 1.54) is 6.08 Å². The van der Waals surface area contributed by atoms with Crippen LogP contribution in [-0.4, -0.2) is 6.18 Å². The van der Waals surface area contributed by atoms with Crippen LogP contribution in [0.2, 0.25) is 0 Å². The summed E-state index contributed by atoms with van der Waals surface area (Å²) in [4.78, 5) is 0. The molecule has 0 saturated carbocycles. The van der Waals surface area contributed by atoms with Crippen LogP contribution in [0.1, 0.15) is 19.8 Å². The summed E-state index contributed by atoms with van der Waals surface area (Å²) in [7, 11) is 0. The first kappa shape index (κ1) is 7.63. The van der Waals surface area contributed by atoms with Crippen LogP contribution in [-0.2, 0) is 0 Å². The maximum atomic E-state index is 11.9. The molecular weight excluding hydrogens is 141 g/mol. The lowest BCUT2D eigenvalue weighted by molar-refractivity contribution is -0.160. The molecule has 0 saturated heterocycles. The van der Waals surface area contributed by atoms with Gasteiger partial charge in [0, 0.05) is 0 Å². The maximum absolute atomic E-state index is 11.9. The first-order valence-electron chi connectivity index (χ1n) is 3.24. The van der Waals surface area contributed by atoms with Gasteiger partial charge in [0.2, 0.25) is 0 Å². The quantitative estimate of drug-likeness (QED) is 0.466. The molecule has 0 amide bonds. The van der Waals surface area contributed by atoms with Gasteiger partial charge in [-0.3, -0.25) is 0 Å². The largest absolute Gasteiger partial charge is 0.395 e. The Bertz CT molecular complexity index is 155. The van der Waals surface area contributed by atoms with Gasteiger partial charge in [-0.05, 0) is 19.8 Å². The topological polar surface area (TPSA) is 0 Å². The Hall–Kier alpha value is -0.470. The summed E-state index contributed by atoms with van der Waals surface area (Å²) in [5, 5.41) is 0. The molecule has 0 aliphatic heterocycles. The van der Waals surface area contributed by atoms with E-state index in [9.17, 15) is 13.2 Å². The highest BCUT2D eigenvalue weighted by molar-refractivity contribution is 5.09. The van der Waals surface area contributed by atoms with Crippen LogP contribution in [0.4, 0.5) is 13.2 Å². The van der Waals surface area contributed by atoms with E-state index in [1.807, 2.05) is 0 Å². The predicted octanol–water partition coefficient (Wildman–Crippen LogP) is 2.91. The average molecular weight is 150 g/mol. The minimum absolute atomic E-state index is 0.245. The van der Waals surface area contributed by atoms with Crippen LogP contribution in [0, 0.1) is 5.92 Å². The second-order valence-corrected chi connectivity index (χ2v) is 2.70. The van der Waals surface area contributed by atoms with Crippen molar-refractivity contribution < 1.29 is 13.2 Å². The van der Waals surface area contributed by atoms with Crippen molar-refractivity contribution in [1.82, 2.24) is 0 Å². The van der Waals surface area contributed by atoms with Crippen molar-refractivity contribution in [3.63, 3.8) is 0 Å². The van der Waals surface area contributed by atoms with E-state index in [4.69, 9.17) is 0 Å². The summed E-state index contributed by atoms with van der Waals surface area (Å²) in [5.41, 5.74) is 0.863. The van der Waals surface area contributed by atoms with Crippen molar-refractivity contribution in [1.29, 1.82) is 0 Å². The maximum Gasteiger partial charge on any atom is 0.395 e. The molecule has 58 valence electrons. The number of halogens is 3. The lowest BCUT2D eigenvalue weighted by Gasteiger charge is -2.10. The second-order valence-electron chi connectivity index (χ2n) is 2.70. The van der Waals surface area contributed by atoms with Gasteiger partial charge in [0.15, 0.2) is 0 Å². The average Bonchev–Trinajstić information content (AvgIpc) is 2.11. The van der Waals surface area contributed by atoms with Gasteiger partial charge in [0.1, 0.15) is 0 Å². The van der Waals surface area contributed by atoms with E-state index >= 15 is 0 Å². The second kappa shape index (κ2) is 2.29. The molecule has 0 bridgehead atoms. The van der Waals surface area contributed by atoms with Crippen molar-refractivity contribution in [2.24, 2.45) is 5.92 Å². The normalized spacial score (nSPS) is 26.8. The molecule has 0 heterocycles. The molecule has 3 heteroatoms. The molecule has 0 radical (unpaired) electrons. The van der Waals surface area contributed by atoms with Gasteiger partial charge in [-0.1, -0.05) is 11.6 Å². The summed E-state index contributed by atoms with van der Waals surface area (Å²) in [6, 6.07) is 0. The smallest absolute Gasteiger partial charge is 0.170 e. The van der Waals surface area contributed by atoms with Crippen LogP contribution in [0.5, 0.6) is 0 Å². The van der Waals surface area contributed by atoms with Gasteiger partial charge in [-0.25, -0.2) is 0 Å². The molecule has 1 atom stereocenters. The van der Waals surface area contributed by atoms with E-state index < -0.39 is 12.1 Å². The third kappa shape index (κ3) is 1.52. The molecule has 0 fully saturated rings. The fraction of sp³-hybridized carbons (Fsp3) is 0.714. The third-order valence-corrected chi connectivity index (χ3v) is 1.76. The molecule has 0 N–H and O–H groups in total. The molecule has 1 aliphatic carbocycles. The van der Waals surface area contributed by atoms with E-state index in [1.54, 1.807) is 6.92 Å². The molecule has 1 rings (SSSR count). The highest BCUT2D eigenvalue weighted by Crippen LogP contribution is 2.36. The minimum atomic E-state index is -4.02. The van der Waals surface area contributed by atoms with Crippen molar-refractivity contribution >= 4 is 0 Å². The van der Waals surface area contributed by atoms with Crippen LogP contribution in [0.3, 0.4) is 0 Å². The van der Waals surface area contributed by atoms with Crippen LogP contribution in [0.15, 0.2) is 11.6 Å². The van der Waals surface area contributed by atoms with Crippen LogP contribution in [0.25, 0.3) is 0 Å². The van der Waals surface area contributed by atoms with Crippen LogP contribution < -0.4 is 0 Å². The Morgan fingerprint density at radius 2 is 2.10 bits per heavy atom. The van der Waals surface area contributed by atoms with Crippen molar-refractivity contribution in [2.45, 2.75) is 25.9 Å². The van der Waals surface area contributed by atoms with Crippen LogP contribution >= 0.6 is 0 Å². The first-order valence-corrected chi connectivity index (χ1v) is 3.24. The molecule has 0 aromatic rings. The zero-order valence-electron chi connectivity index (χ0n) is 5.70. The molecule has 0 aromatic heterocycles. The van der Waals surface area contributed by atoms with E-state index in [2.05, 4.69) is 0 Å². The van der Waals surface area contributed by atoms with Gasteiger partial charge in [-0.2, -0.15) is 13.2 Å². The van der Waals surface area contributed by atoms with E-state index in [0.29, 0.717) is 6.42 Å². The molecule has 0 nitrogen and oxygen atoms in total. The summed E-state index contributed by atoms with van der Waals surface area (Å²) in [6.45, 7) is 1.74. The van der Waals surface area contributed by atoms with E-state index in [-0.39, 0.29) is 6.42 Å². The standard InChI is InChI=1S/C7H9F3/c1-5-2-3-6(4-5)7(8,9)10/h4,6H,2-3H2,1H3. The van der Waals surface area contributed by atoms with Crippen molar-refractivity contribution in [2.75, 3.05) is 0 Å². The summed E-state index contributed by atoms with van der Waals surface area (Å²) >= 11 is 0. The fourth-order valence-electron chi connectivity index (χ4n) is 1.15. The lowest BCUT2D eigenvalue weighted by Crippen LogP contribution is -2.18. The zero-order valence-corrected chi connectivity index (χ0v) is 5.70. The fourth-order valence-corrected chi connectivity index (χ4v) is 1.15. The highest BCUT2D eigenvalue weighted by atomic mass is 19.4. The highest BCUT2D eigenvalue weighted by Gasteiger charge is 2.39. The number of alkyl halides is 3. The van der Waals surface area contributed by atoms with Gasteiger partial charge in [0.25, 0.3) is 0 Å². The summed E-state index contributed by atoms with van der Waals surface area (Å²) < 4.78 is 35.7. The van der Waals surface area contributed by atoms with Gasteiger partial charge < -0.3 is 0 Å². The zero-order chi connectivity index (χ0) is 7.78. The summed E-state index contributed by atoms with van der Waals surface area (Å²) in [6.07, 6.45) is -1.85. The molecule has 0 spiro atoms. The minimum Gasteiger partial charge on any atom is -0.170 e. The van der Waals surface area contributed by atoms with Gasteiger partial charge in [-0.15, -0.1) is 0 Å². The lowest BCUT2D eigenvalue weighted by atomic mass is 10.1. The SMILES string of the molecule is CC1=CC(C(F)(F)F)CC1. The van der Waals surface area contributed by atoms with Gasteiger partial charge >= 0.3 is 6.18 Å².